The molecule has 0 N–H and O–H groups in total. The zero-order valence-electron chi connectivity index (χ0n) is 17.5. The van der Waals surface area contributed by atoms with Crippen LogP contribution in [0, 0.1) is 10.1 Å². The van der Waals surface area contributed by atoms with E-state index in [-0.39, 0.29) is 21.9 Å². The summed E-state index contributed by atoms with van der Waals surface area (Å²) in [5, 5.41) is 12.8. The molecule has 0 aliphatic heterocycles. The second-order valence-corrected chi connectivity index (χ2v) is 7.94. The summed E-state index contributed by atoms with van der Waals surface area (Å²) in [5.74, 6) is -1.01. The number of ketones is 1. The molecular formula is C25H19NO7. The van der Waals surface area contributed by atoms with Crippen LogP contribution in [0.25, 0.3) is 12.2 Å². The van der Waals surface area contributed by atoms with E-state index in [2.05, 4.69) is 0 Å². The Morgan fingerprint density at radius 2 is 1.21 bits per heavy atom. The molecule has 2 unspecified atom stereocenters. The van der Waals surface area contributed by atoms with Crippen molar-refractivity contribution in [3.8, 4) is 0 Å². The van der Waals surface area contributed by atoms with Crippen molar-refractivity contribution in [2.75, 3.05) is 0 Å². The molecule has 5 rings (SSSR count). The Balaban J connectivity index is 1.82. The lowest BCUT2D eigenvalue weighted by atomic mass is 9.60. The van der Waals surface area contributed by atoms with E-state index in [1.54, 1.807) is 48.5 Å². The van der Waals surface area contributed by atoms with Crippen molar-refractivity contribution in [3.05, 3.63) is 118 Å². The standard InChI is InChI=1S/C25H19NO7/c1-25(26(28)29)22(20-8-4-12-32-20)18(14-16-6-2-10-30-16)24(27)19(15-17-7-3-11-31-17)23(25)21-9-5-13-33-21/h2-15,22-23H,1H3/b18-14-,19-15-. The fourth-order valence-corrected chi connectivity index (χ4v) is 4.58. The maximum absolute atomic E-state index is 14.0. The monoisotopic (exact) mass is 445 g/mol. The SMILES string of the molecule is CC1([N+](=O)[O-])C(c2ccco2)/C(=C/c2ccco2)C(=O)/C(=C\c2ccco2)C1c1ccco1. The molecule has 0 saturated heterocycles. The van der Waals surface area contributed by atoms with E-state index < -0.39 is 17.4 Å². The Hall–Kier alpha value is -4.33. The minimum absolute atomic E-state index is 0.180. The molecule has 1 fully saturated rings. The van der Waals surface area contributed by atoms with Gasteiger partial charge in [-0.2, -0.15) is 0 Å². The van der Waals surface area contributed by atoms with Crippen molar-refractivity contribution < 1.29 is 27.4 Å². The molecule has 8 heteroatoms. The number of hydrogen-bond donors (Lipinski definition) is 0. The Morgan fingerprint density at radius 1 is 0.788 bits per heavy atom. The fourth-order valence-electron chi connectivity index (χ4n) is 4.58. The number of nitrogens with zero attached hydrogens (tertiary/aromatic N) is 1. The molecule has 0 aromatic carbocycles. The van der Waals surface area contributed by atoms with Crippen LogP contribution in [-0.2, 0) is 4.79 Å². The van der Waals surface area contributed by atoms with Gasteiger partial charge in [-0.1, -0.05) is 0 Å². The van der Waals surface area contributed by atoms with Gasteiger partial charge in [-0.25, -0.2) is 0 Å². The van der Waals surface area contributed by atoms with Crippen molar-refractivity contribution in [1.29, 1.82) is 0 Å². The van der Waals surface area contributed by atoms with Gasteiger partial charge in [0.25, 0.3) is 0 Å². The minimum Gasteiger partial charge on any atom is -0.468 e. The van der Waals surface area contributed by atoms with E-state index in [0.29, 0.717) is 23.0 Å². The Bertz CT molecular complexity index is 1220. The van der Waals surface area contributed by atoms with Crippen LogP contribution in [0.1, 0.15) is 41.8 Å². The Kier molecular flexibility index (Phi) is 4.97. The quantitative estimate of drug-likeness (QED) is 0.220. The third-order valence-electron chi connectivity index (χ3n) is 6.05. The molecule has 0 amide bonds. The van der Waals surface area contributed by atoms with Crippen LogP contribution in [-0.4, -0.2) is 16.2 Å². The lowest BCUT2D eigenvalue weighted by molar-refractivity contribution is -0.573. The van der Waals surface area contributed by atoms with Crippen molar-refractivity contribution in [2.45, 2.75) is 24.3 Å². The van der Waals surface area contributed by atoms with Gasteiger partial charge >= 0.3 is 0 Å². The Labute approximate surface area is 187 Å². The molecule has 0 spiro atoms. The summed E-state index contributed by atoms with van der Waals surface area (Å²) in [5.41, 5.74) is -1.38. The highest BCUT2D eigenvalue weighted by atomic mass is 16.6. The first-order chi connectivity index (χ1) is 16.0. The molecule has 0 bridgehead atoms. The topological polar surface area (TPSA) is 113 Å². The first-order valence-corrected chi connectivity index (χ1v) is 10.3. The van der Waals surface area contributed by atoms with Crippen LogP contribution in [0.2, 0.25) is 0 Å². The van der Waals surface area contributed by atoms with Crippen LogP contribution in [0.5, 0.6) is 0 Å². The summed E-state index contributed by atoms with van der Waals surface area (Å²) in [4.78, 5) is 26.4. The van der Waals surface area contributed by atoms with E-state index >= 15 is 0 Å². The number of furan rings is 4. The third-order valence-corrected chi connectivity index (χ3v) is 6.05. The van der Waals surface area contributed by atoms with Crippen LogP contribution in [0.15, 0.2) is 102 Å². The second kappa shape index (κ2) is 7.98. The maximum Gasteiger partial charge on any atom is 0.247 e. The minimum atomic E-state index is -1.74. The predicted octanol–water partition coefficient (Wildman–Crippen LogP) is 5.71. The van der Waals surface area contributed by atoms with Crippen LogP contribution in [0.3, 0.4) is 0 Å². The van der Waals surface area contributed by atoms with Crippen molar-refractivity contribution in [3.63, 3.8) is 0 Å². The van der Waals surface area contributed by atoms with E-state index in [1.165, 1.54) is 44.1 Å². The van der Waals surface area contributed by atoms with Crippen molar-refractivity contribution in [2.24, 2.45) is 0 Å². The van der Waals surface area contributed by atoms with E-state index in [9.17, 15) is 14.9 Å². The highest BCUT2D eigenvalue weighted by molar-refractivity contribution is 6.16. The van der Waals surface area contributed by atoms with Gasteiger partial charge in [0.2, 0.25) is 5.54 Å². The number of rotatable bonds is 5. The highest BCUT2D eigenvalue weighted by Gasteiger charge is 2.63. The number of carbonyl (C=O) groups is 1. The van der Waals surface area contributed by atoms with Gasteiger partial charge in [0.05, 0.1) is 25.1 Å². The van der Waals surface area contributed by atoms with Gasteiger partial charge in [0.1, 0.15) is 34.9 Å². The van der Waals surface area contributed by atoms with Gasteiger partial charge in [0, 0.05) is 23.0 Å². The molecule has 4 aromatic heterocycles. The van der Waals surface area contributed by atoms with Gasteiger partial charge in [-0.3, -0.25) is 14.9 Å². The molecule has 1 aliphatic rings. The molecule has 4 aromatic rings. The molecule has 2 atom stereocenters. The predicted molar refractivity (Wildman–Crippen MR) is 117 cm³/mol. The van der Waals surface area contributed by atoms with E-state index in [1.807, 2.05) is 0 Å². The summed E-state index contributed by atoms with van der Waals surface area (Å²) in [6.45, 7) is 1.51. The lowest BCUT2D eigenvalue weighted by Crippen LogP contribution is -2.53. The van der Waals surface area contributed by atoms with Crippen LogP contribution in [0.4, 0.5) is 0 Å². The number of nitro groups is 1. The van der Waals surface area contributed by atoms with Crippen molar-refractivity contribution in [1.82, 2.24) is 0 Å². The molecule has 8 nitrogen and oxygen atoms in total. The number of carbonyl (C=O) groups excluding carboxylic acids is 1. The van der Waals surface area contributed by atoms with Gasteiger partial charge in [-0.15, -0.1) is 0 Å². The average molecular weight is 445 g/mol. The largest absolute Gasteiger partial charge is 0.468 e. The van der Waals surface area contributed by atoms with Crippen LogP contribution >= 0.6 is 0 Å². The first-order valence-electron chi connectivity index (χ1n) is 10.3. The van der Waals surface area contributed by atoms with Gasteiger partial charge in [-0.05, 0) is 60.7 Å². The average Bonchev–Trinajstić information content (AvgIpc) is 3.61. The van der Waals surface area contributed by atoms with Crippen LogP contribution < -0.4 is 0 Å². The summed E-state index contributed by atoms with van der Waals surface area (Å²) >= 11 is 0. The molecule has 166 valence electrons. The fraction of sp³-hybridized carbons (Fsp3) is 0.160. The Morgan fingerprint density at radius 3 is 1.55 bits per heavy atom. The normalized spacial score (nSPS) is 25.7. The molecule has 1 saturated carbocycles. The maximum atomic E-state index is 14.0. The molecular weight excluding hydrogens is 426 g/mol. The number of Topliss-reactive ketones (excluding diaryl/α,β-unsaturated/α-hetero) is 1. The summed E-state index contributed by atoms with van der Waals surface area (Å²) in [6, 6.07) is 13.3. The smallest absolute Gasteiger partial charge is 0.247 e. The summed E-state index contributed by atoms with van der Waals surface area (Å²) in [6.07, 6.45) is 8.87. The van der Waals surface area contributed by atoms with E-state index in [4.69, 9.17) is 17.7 Å². The van der Waals surface area contributed by atoms with Gasteiger partial charge < -0.3 is 17.7 Å². The molecule has 4 heterocycles. The molecule has 1 aliphatic carbocycles. The van der Waals surface area contributed by atoms with Crippen molar-refractivity contribution >= 4 is 17.9 Å². The first kappa shape index (κ1) is 20.6. The molecule has 0 radical (unpaired) electrons. The summed E-state index contributed by atoms with van der Waals surface area (Å²) in [7, 11) is 0. The zero-order chi connectivity index (χ0) is 23.0. The third kappa shape index (κ3) is 3.36. The lowest BCUT2D eigenvalue weighted by Gasteiger charge is -2.40. The zero-order valence-corrected chi connectivity index (χ0v) is 17.5. The van der Waals surface area contributed by atoms with Gasteiger partial charge in [0.15, 0.2) is 5.78 Å². The highest BCUT2D eigenvalue weighted by Crippen LogP contribution is 2.55. The number of hydrogen-bond acceptors (Lipinski definition) is 7. The van der Waals surface area contributed by atoms with E-state index in [0.717, 1.165) is 0 Å². The summed E-state index contributed by atoms with van der Waals surface area (Å²) < 4.78 is 22.1. The molecule has 33 heavy (non-hydrogen) atoms. The second-order valence-electron chi connectivity index (χ2n) is 7.94.